The van der Waals surface area contributed by atoms with E-state index in [0.29, 0.717) is 23.2 Å². The molecule has 2 aliphatic rings. The zero-order chi connectivity index (χ0) is 28.0. The lowest BCUT2D eigenvalue weighted by atomic mass is 9.87. The van der Waals surface area contributed by atoms with Gasteiger partial charge in [0.2, 0.25) is 5.91 Å². The van der Waals surface area contributed by atoms with E-state index in [4.69, 9.17) is 0 Å². The highest BCUT2D eigenvalue weighted by molar-refractivity contribution is 5.99. The summed E-state index contributed by atoms with van der Waals surface area (Å²) in [6.45, 7) is 12.7. The molecule has 2 aliphatic heterocycles. The molecule has 0 aliphatic carbocycles. The van der Waals surface area contributed by atoms with Gasteiger partial charge in [0, 0.05) is 69.5 Å². The third-order valence-electron chi connectivity index (χ3n) is 8.79. The van der Waals surface area contributed by atoms with E-state index >= 15 is 0 Å². The fourth-order valence-corrected chi connectivity index (χ4v) is 6.40. The summed E-state index contributed by atoms with van der Waals surface area (Å²) < 4.78 is 16.4. The van der Waals surface area contributed by atoms with Crippen molar-refractivity contribution in [1.29, 1.82) is 0 Å². The van der Waals surface area contributed by atoms with Crippen LogP contribution in [0.3, 0.4) is 0 Å². The van der Waals surface area contributed by atoms with E-state index in [9.17, 15) is 14.0 Å². The molecule has 5 rings (SSSR count). The van der Waals surface area contributed by atoms with Crippen molar-refractivity contribution in [1.82, 2.24) is 24.3 Å². The minimum Gasteiger partial charge on any atom is -0.340 e. The highest BCUT2D eigenvalue weighted by atomic mass is 19.1. The Hall–Kier alpha value is -3.26. The van der Waals surface area contributed by atoms with Gasteiger partial charge in [0.25, 0.3) is 5.91 Å². The Bertz CT molecular complexity index is 1390. The maximum Gasteiger partial charge on any atom is 0.256 e. The lowest BCUT2D eigenvalue weighted by Gasteiger charge is -2.49. The van der Waals surface area contributed by atoms with Crippen molar-refractivity contribution < 1.29 is 14.0 Å². The molecule has 0 unspecified atom stereocenters. The molecule has 0 bridgehead atoms. The first-order valence-corrected chi connectivity index (χ1v) is 14.1. The number of aromatic nitrogens is 2. The molecule has 0 radical (unpaired) electrons. The van der Waals surface area contributed by atoms with Crippen LogP contribution >= 0.6 is 0 Å². The first-order chi connectivity index (χ1) is 18.5. The number of amides is 2. The van der Waals surface area contributed by atoms with Crippen LogP contribution in [0, 0.1) is 18.7 Å². The number of benzene rings is 1. The number of pyridine rings is 1. The molecule has 2 saturated heterocycles. The van der Waals surface area contributed by atoms with E-state index in [0.717, 1.165) is 55.4 Å². The largest absolute Gasteiger partial charge is 0.340 e. The Morgan fingerprint density at radius 2 is 1.95 bits per heavy atom. The maximum atomic E-state index is 14.4. The fourth-order valence-electron chi connectivity index (χ4n) is 6.40. The number of nitrogens with zero attached hydrogens (tertiary/aromatic N) is 5. The summed E-state index contributed by atoms with van der Waals surface area (Å²) in [6.07, 6.45) is 8.84. The van der Waals surface area contributed by atoms with Gasteiger partial charge < -0.3 is 14.4 Å². The molecule has 2 aromatic heterocycles. The lowest BCUT2D eigenvalue weighted by molar-refractivity contribution is -0.133. The lowest BCUT2D eigenvalue weighted by Crippen LogP contribution is -2.57. The summed E-state index contributed by atoms with van der Waals surface area (Å²) in [6, 6.07) is 5.27. The molecule has 2 amide bonds. The average Bonchev–Trinajstić information content (AvgIpc) is 3.24. The van der Waals surface area contributed by atoms with Crippen molar-refractivity contribution in [2.75, 3.05) is 26.7 Å². The summed E-state index contributed by atoms with van der Waals surface area (Å²) in [7, 11) is 1.75. The number of carbonyl (C=O) groups is 2. The van der Waals surface area contributed by atoms with E-state index in [-0.39, 0.29) is 23.9 Å². The van der Waals surface area contributed by atoms with Gasteiger partial charge in [-0.2, -0.15) is 0 Å². The fraction of sp³-hybridized carbons (Fsp3) is 0.516. The predicted molar refractivity (Wildman–Crippen MR) is 152 cm³/mol. The zero-order valence-corrected chi connectivity index (χ0v) is 23.9. The van der Waals surface area contributed by atoms with Gasteiger partial charge in [0.05, 0.1) is 23.0 Å². The summed E-state index contributed by atoms with van der Waals surface area (Å²) in [4.78, 5) is 35.9. The number of halogens is 1. The SMILES string of the molecule is CC(=O)N1CC[C@@H](N2CC(Cc3cn(-c4ccc(F)cc4C(=O)N(C)C(C)C)c4cncc(C)c34)C2)C[C@H]1C. The molecule has 1 aromatic carbocycles. The van der Waals surface area contributed by atoms with Crippen LogP contribution in [0.5, 0.6) is 0 Å². The zero-order valence-electron chi connectivity index (χ0n) is 23.9. The highest BCUT2D eigenvalue weighted by Crippen LogP contribution is 2.34. The van der Waals surface area contributed by atoms with Crippen LogP contribution in [-0.4, -0.2) is 80.9 Å². The predicted octanol–water partition coefficient (Wildman–Crippen LogP) is 4.83. The smallest absolute Gasteiger partial charge is 0.256 e. The van der Waals surface area contributed by atoms with Crippen molar-refractivity contribution in [2.45, 2.75) is 72.0 Å². The molecule has 0 N–H and O–H groups in total. The average molecular weight is 534 g/mol. The van der Waals surface area contributed by atoms with Crippen molar-refractivity contribution >= 4 is 22.7 Å². The van der Waals surface area contributed by atoms with E-state index in [1.54, 1.807) is 24.9 Å². The molecule has 39 heavy (non-hydrogen) atoms. The van der Waals surface area contributed by atoms with Crippen LogP contribution in [0.25, 0.3) is 16.6 Å². The number of hydrogen-bond acceptors (Lipinski definition) is 4. The summed E-state index contributed by atoms with van der Waals surface area (Å²) in [5, 5.41) is 1.16. The molecular weight excluding hydrogens is 493 g/mol. The van der Waals surface area contributed by atoms with E-state index in [2.05, 4.69) is 29.9 Å². The van der Waals surface area contributed by atoms with Gasteiger partial charge in [-0.25, -0.2) is 4.39 Å². The van der Waals surface area contributed by atoms with Crippen molar-refractivity contribution in [2.24, 2.45) is 5.92 Å². The Morgan fingerprint density at radius 3 is 2.62 bits per heavy atom. The van der Waals surface area contributed by atoms with Gasteiger partial charge >= 0.3 is 0 Å². The van der Waals surface area contributed by atoms with Crippen LogP contribution in [0.15, 0.2) is 36.8 Å². The van der Waals surface area contributed by atoms with Gasteiger partial charge in [0.15, 0.2) is 0 Å². The third-order valence-corrected chi connectivity index (χ3v) is 8.79. The number of piperidine rings is 1. The first-order valence-electron chi connectivity index (χ1n) is 14.1. The Labute approximate surface area is 230 Å². The standard InChI is InChI=1S/C31H40FN5O2/c1-19(2)34(6)31(39)27-13-25(32)7-8-28(27)37-18-24(30-20(3)14-33-15-29(30)37)12-23-16-35(17-23)26-9-10-36(22(5)38)21(4)11-26/h7-8,13-15,18-19,21,23,26H,9-12,16-17H2,1-6H3/t21-,26-/m1/s1. The summed E-state index contributed by atoms with van der Waals surface area (Å²) >= 11 is 0. The minimum atomic E-state index is -0.428. The van der Waals surface area contributed by atoms with Gasteiger partial charge in [-0.15, -0.1) is 0 Å². The number of aryl methyl sites for hydroxylation is 1. The molecule has 4 heterocycles. The monoisotopic (exact) mass is 533 g/mol. The second-order valence-electron chi connectivity index (χ2n) is 11.8. The van der Waals surface area contributed by atoms with Crippen LogP contribution in [-0.2, 0) is 11.2 Å². The molecule has 8 heteroatoms. The van der Waals surface area contributed by atoms with Crippen molar-refractivity contribution in [3.8, 4) is 5.69 Å². The number of rotatable bonds is 6. The topological polar surface area (TPSA) is 61.7 Å². The molecule has 2 fully saturated rings. The van der Waals surface area contributed by atoms with Crippen molar-refractivity contribution in [3.05, 3.63) is 59.3 Å². The Kier molecular flexibility index (Phi) is 7.51. The molecule has 0 spiro atoms. The molecule has 0 saturated carbocycles. The van der Waals surface area contributed by atoms with E-state index in [1.165, 1.54) is 17.7 Å². The molecule has 208 valence electrons. The van der Waals surface area contributed by atoms with Crippen LogP contribution < -0.4 is 0 Å². The highest BCUT2D eigenvalue weighted by Gasteiger charge is 2.37. The van der Waals surface area contributed by atoms with E-state index in [1.807, 2.05) is 35.7 Å². The summed E-state index contributed by atoms with van der Waals surface area (Å²) in [5.41, 5.74) is 4.27. The second kappa shape index (κ2) is 10.7. The Balaban J connectivity index is 1.40. The normalized spacial score (nSPS) is 20.5. The molecular formula is C31H40FN5O2. The van der Waals surface area contributed by atoms with Gasteiger partial charge in [-0.05, 0) is 82.2 Å². The van der Waals surface area contributed by atoms with Crippen LogP contribution in [0.1, 0.15) is 62.0 Å². The van der Waals surface area contributed by atoms with Crippen molar-refractivity contribution in [3.63, 3.8) is 0 Å². The molecule has 3 aromatic rings. The molecule has 2 atom stereocenters. The maximum absolute atomic E-state index is 14.4. The Morgan fingerprint density at radius 1 is 1.21 bits per heavy atom. The van der Waals surface area contributed by atoms with E-state index < -0.39 is 5.82 Å². The first kappa shape index (κ1) is 27.3. The summed E-state index contributed by atoms with van der Waals surface area (Å²) in [5.74, 6) is 0.0798. The van der Waals surface area contributed by atoms with Crippen LogP contribution in [0.4, 0.5) is 4.39 Å². The number of carbonyl (C=O) groups excluding carboxylic acids is 2. The number of likely N-dealkylation sites (tertiary alicyclic amines) is 2. The number of hydrogen-bond donors (Lipinski definition) is 0. The third kappa shape index (κ3) is 5.19. The van der Waals surface area contributed by atoms with Gasteiger partial charge in [0.1, 0.15) is 5.82 Å². The quantitative estimate of drug-likeness (QED) is 0.456. The van der Waals surface area contributed by atoms with Crippen LogP contribution in [0.2, 0.25) is 0 Å². The second-order valence-corrected chi connectivity index (χ2v) is 11.8. The number of fused-ring (bicyclic) bond motifs is 1. The van der Waals surface area contributed by atoms with Gasteiger partial charge in [-0.3, -0.25) is 19.5 Å². The van der Waals surface area contributed by atoms with Gasteiger partial charge in [-0.1, -0.05) is 0 Å². The molecule has 7 nitrogen and oxygen atoms in total. The minimum absolute atomic E-state index is 0.00579.